The summed E-state index contributed by atoms with van der Waals surface area (Å²) >= 11 is 0. The molecule has 2 unspecified atom stereocenters. The van der Waals surface area contributed by atoms with Gasteiger partial charge in [-0.25, -0.2) is 0 Å². The van der Waals surface area contributed by atoms with Crippen LogP contribution in [0.1, 0.15) is 26.7 Å². The monoisotopic (exact) mass is 243 g/mol. The van der Waals surface area contributed by atoms with Crippen LogP contribution in [0.25, 0.3) is 0 Å². The van der Waals surface area contributed by atoms with Crippen LogP contribution in [0.15, 0.2) is 0 Å². The van der Waals surface area contributed by atoms with E-state index in [9.17, 15) is 19.2 Å². The Morgan fingerprint density at radius 3 is 1.94 bits per heavy atom. The predicted octanol–water partition coefficient (Wildman–Crippen LogP) is -1.76. The van der Waals surface area contributed by atoms with Crippen molar-refractivity contribution in [3.63, 3.8) is 0 Å². The first-order valence-corrected chi connectivity index (χ1v) is 5.08. The maximum Gasteiger partial charge on any atom is 0.222 e. The molecule has 0 saturated heterocycles. The van der Waals surface area contributed by atoms with Gasteiger partial charge in [-0.2, -0.15) is 0 Å². The van der Waals surface area contributed by atoms with Crippen LogP contribution in [0, 0.1) is 0 Å². The van der Waals surface area contributed by atoms with Crippen LogP contribution < -0.4 is 16.8 Å². The van der Waals surface area contributed by atoms with E-state index < -0.39 is 23.9 Å². The molecule has 0 aliphatic heterocycles. The molecule has 0 aliphatic rings. The van der Waals surface area contributed by atoms with Crippen molar-refractivity contribution < 1.29 is 19.2 Å². The Labute approximate surface area is 98.9 Å². The lowest BCUT2D eigenvalue weighted by molar-refractivity contribution is -0.130. The average molecular weight is 243 g/mol. The Bertz CT molecular complexity index is 340. The summed E-state index contributed by atoms with van der Waals surface area (Å²) in [6, 6.07) is -1.87. The molecular formula is C10H17N3O4. The van der Waals surface area contributed by atoms with Crippen LogP contribution in [-0.4, -0.2) is 35.5 Å². The number of hydrogen-bond donors (Lipinski definition) is 3. The zero-order valence-electron chi connectivity index (χ0n) is 9.86. The molecule has 0 fully saturated rings. The van der Waals surface area contributed by atoms with E-state index in [1.807, 2.05) is 0 Å². The Hall–Kier alpha value is -1.76. The Balaban J connectivity index is 4.36. The molecule has 2 atom stereocenters. The molecule has 7 nitrogen and oxygen atoms in total. The molecule has 0 spiro atoms. The summed E-state index contributed by atoms with van der Waals surface area (Å²) < 4.78 is 0. The second kappa shape index (κ2) is 6.74. The molecule has 7 heteroatoms. The molecule has 0 radical (unpaired) electrons. The van der Waals surface area contributed by atoms with Crippen LogP contribution >= 0.6 is 0 Å². The summed E-state index contributed by atoms with van der Waals surface area (Å²) in [5, 5.41) is 2.31. The van der Waals surface area contributed by atoms with Gasteiger partial charge in [0.15, 0.2) is 5.78 Å². The molecule has 96 valence electrons. The Kier molecular flexibility index (Phi) is 6.05. The van der Waals surface area contributed by atoms with Crippen molar-refractivity contribution in [1.29, 1.82) is 0 Å². The number of rotatable bonds is 7. The third-order valence-electron chi connectivity index (χ3n) is 2.16. The summed E-state index contributed by atoms with van der Waals surface area (Å²) in [4.78, 5) is 44.0. The molecule has 2 amide bonds. The minimum atomic E-state index is -0.959. The molecule has 0 saturated carbocycles. The van der Waals surface area contributed by atoms with E-state index in [2.05, 4.69) is 5.32 Å². The minimum Gasteiger partial charge on any atom is -0.370 e. The number of nitrogens with one attached hydrogen (secondary N) is 1. The Morgan fingerprint density at radius 1 is 1.06 bits per heavy atom. The fourth-order valence-electron chi connectivity index (χ4n) is 1.09. The highest BCUT2D eigenvalue weighted by atomic mass is 16.2. The van der Waals surface area contributed by atoms with E-state index in [1.54, 1.807) is 0 Å². The van der Waals surface area contributed by atoms with Crippen LogP contribution in [0.3, 0.4) is 0 Å². The molecular weight excluding hydrogens is 226 g/mol. The van der Waals surface area contributed by atoms with Crippen molar-refractivity contribution in [3.05, 3.63) is 0 Å². The first-order chi connectivity index (χ1) is 7.73. The number of Topliss-reactive ketones (excluding diaryl/α,β-unsaturated/α-hetero) is 2. The normalized spacial score (nSPS) is 13.6. The van der Waals surface area contributed by atoms with Gasteiger partial charge in [0, 0.05) is 6.42 Å². The maximum absolute atomic E-state index is 11.4. The summed E-state index contributed by atoms with van der Waals surface area (Å²) in [7, 11) is 0. The van der Waals surface area contributed by atoms with Crippen molar-refractivity contribution in [2.75, 3.05) is 0 Å². The first kappa shape index (κ1) is 15.2. The highest BCUT2D eigenvalue weighted by molar-refractivity contribution is 5.93. The number of ketones is 2. The predicted molar refractivity (Wildman–Crippen MR) is 59.7 cm³/mol. The first-order valence-electron chi connectivity index (χ1n) is 5.08. The average Bonchev–Trinajstić information content (AvgIpc) is 2.15. The van der Waals surface area contributed by atoms with Gasteiger partial charge in [-0.05, 0) is 13.8 Å². The molecule has 0 bridgehead atoms. The Morgan fingerprint density at radius 2 is 1.59 bits per heavy atom. The topological polar surface area (TPSA) is 132 Å². The van der Waals surface area contributed by atoms with E-state index in [1.165, 1.54) is 13.8 Å². The van der Waals surface area contributed by atoms with Gasteiger partial charge in [0.2, 0.25) is 11.8 Å². The summed E-state index contributed by atoms with van der Waals surface area (Å²) in [5.74, 6) is -1.96. The summed E-state index contributed by atoms with van der Waals surface area (Å²) in [5.41, 5.74) is 10.3. The lowest BCUT2D eigenvalue weighted by Gasteiger charge is -2.15. The van der Waals surface area contributed by atoms with Gasteiger partial charge in [-0.3, -0.25) is 19.2 Å². The zero-order chi connectivity index (χ0) is 13.6. The fourth-order valence-corrected chi connectivity index (χ4v) is 1.09. The molecule has 0 aromatic heterocycles. The maximum atomic E-state index is 11.4. The number of primary amides is 1. The van der Waals surface area contributed by atoms with Crippen LogP contribution in [0.2, 0.25) is 0 Å². The van der Waals surface area contributed by atoms with E-state index in [-0.39, 0.29) is 24.4 Å². The zero-order valence-corrected chi connectivity index (χ0v) is 9.86. The minimum absolute atomic E-state index is 0.224. The standard InChI is InChI=1S/C10H17N3O4/c1-5(14)7(11)3-10(17)13-8(6(2)15)4-9(12)16/h7-8H,3-4,11H2,1-2H3,(H2,12,16)(H,13,17). The highest BCUT2D eigenvalue weighted by Crippen LogP contribution is 1.96. The number of nitrogens with two attached hydrogens (primary N) is 2. The number of amides is 2. The van der Waals surface area contributed by atoms with Crippen LogP contribution in [-0.2, 0) is 19.2 Å². The molecule has 17 heavy (non-hydrogen) atoms. The lowest BCUT2D eigenvalue weighted by Crippen LogP contribution is -2.45. The van der Waals surface area contributed by atoms with Crippen molar-refractivity contribution >= 4 is 23.4 Å². The van der Waals surface area contributed by atoms with Crippen LogP contribution in [0.5, 0.6) is 0 Å². The SMILES string of the molecule is CC(=O)C(N)CC(=O)NC(CC(N)=O)C(C)=O. The van der Waals surface area contributed by atoms with E-state index >= 15 is 0 Å². The van der Waals surface area contributed by atoms with Gasteiger partial charge in [0.05, 0.1) is 18.5 Å². The number of hydrogen-bond acceptors (Lipinski definition) is 5. The van der Waals surface area contributed by atoms with Crippen molar-refractivity contribution in [3.8, 4) is 0 Å². The number of carbonyl (C=O) groups is 4. The van der Waals surface area contributed by atoms with E-state index in [0.29, 0.717) is 0 Å². The second-order valence-corrected chi connectivity index (χ2v) is 3.82. The van der Waals surface area contributed by atoms with Gasteiger partial charge in [-0.1, -0.05) is 0 Å². The van der Waals surface area contributed by atoms with Crippen molar-refractivity contribution in [1.82, 2.24) is 5.32 Å². The summed E-state index contributed by atoms with van der Waals surface area (Å²) in [6.45, 7) is 2.50. The van der Waals surface area contributed by atoms with Gasteiger partial charge < -0.3 is 16.8 Å². The third kappa shape index (κ3) is 6.41. The molecule has 0 rings (SSSR count). The van der Waals surface area contributed by atoms with Crippen molar-refractivity contribution in [2.24, 2.45) is 11.5 Å². The highest BCUT2D eigenvalue weighted by Gasteiger charge is 2.21. The van der Waals surface area contributed by atoms with Gasteiger partial charge in [0.25, 0.3) is 0 Å². The number of carbonyl (C=O) groups excluding carboxylic acids is 4. The lowest BCUT2D eigenvalue weighted by atomic mass is 10.1. The van der Waals surface area contributed by atoms with Gasteiger partial charge in [-0.15, -0.1) is 0 Å². The summed E-state index contributed by atoms with van der Waals surface area (Å²) in [6.07, 6.45) is -0.492. The molecule has 0 aromatic rings. The van der Waals surface area contributed by atoms with E-state index in [0.717, 1.165) is 0 Å². The molecule has 0 aliphatic carbocycles. The quantitative estimate of drug-likeness (QED) is 0.487. The molecule has 0 heterocycles. The molecule has 0 aromatic carbocycles. The van der Waals surface area contributed by atoms with Crippen molar-refractivity contribution in [2.45, 2.75) is 38.8 Å². The molecule has 5 N–H and O–H groups in total. The largest absolute Gasteiger partial charge is 0.370 e. The van der Waals surface area contributed by atoms with Gasteiger partial charge >= 0.3 is 0 Å². The fraction of sp³-hybridized carbons (Fsp3) is 0.600. The van der Waals surface area contributed by atoms with Gasteiger partial charge in [0.1, 0.15) is 5.78 Å². The smallest absolute Gasteiger partial charge is 0.222 e. The van der Waals surface area contributed by atoms with Crippen LogP contribution in [0.4, 0.5) is 0 Å². The van der Waals surface area contributed by atoms with E-state index in [4.69, 9.17) is 11.5 Å². The second-order valence-electron chi connectivity index (χ2n) is 3.82. The third-order valence-corrected chi connectivity index (χ3v) is 2.16.